The van der Waals surface area contributed by atoms with Gasteiger partial charge in [0, 0.05) is 27.7 Å². The minimum Gasteiger partial charge on any atom is -0.398 e. The Hall–Kier alpha value is -1.60. The lowest BCUT2D eigenvalue weighted by Crippen LogP contribution is -2.18. The largest absolute Gasteiger partial charge is 0.398 e. The van der Waals surface area contributed by atoms with Crippen LogP contribution in [0.15, 0.2) is 29.2 Å². The van der Waals surface area contributed by atoms with Gasteiger partial charge in [-0.3, -0.25) is 9.35 Å². The third-order valence-electron chi connectivity index (χ3n) is 4.51. The number of rotatable bonds is 6. The first-order chi connectivity index (χ1) is 12.9. The van der Waals surface area contributed by atoms with E-state index in [4.69, 9.17) is 28.9 Å². The molecule has 0 amide bonds. The van der Waals surface area contributed by atoms with Crippen molar-refractivity contribution in [3.63, 3.8) is 0 Å². The van der Waals surface area contributed by atoms with Crippen LogP contribution in [0.2, 0.25) is 10.0 Å². The number of nitrogen functional groups attached to an aromatic ring is 1. The summed E-state index contributed by atoms with van der Waals surface area (Å²) in [6, 6.07) is 6.35. The fourth-order valence-electron chi connectivity index (χ4n) is 3.26. The van der Waals surface area contributed by atoms with Gasteiger partial charge in [-0.25, -0.2) is 0 Å². The van der Waals surface area contributed by atoms with E-state index >= 15 is 0 Å². The average molecular weight is 444 g/mol. The number of hydrogen-bond acceptors (Lipinski definition) is 4. The monoisotopic (exact) mass is 443 g/mol. The Balaban J connectivity index is 2.78. The van der Waals surface area contributed by atoms with E-state index in [1.165, 1.54) is 6.07 Å². The Morgan fingerprint density at radius 2 is 1.64 bits per heavy atom. The van der Waals surface area contributed by atoms with E-state index < -0.39 is 15.9 Å². The second kappa shape index (κ2) is 8.41. The molecule has 0 unspecified atom stereocenters. The van der Waals surface area contributed by atoms with Crippen LogP contribution >= 0.6 is 23.2 Å². The van der Waals surface area contributed by atoms with Gasteiger partial charge in [-0.2, -0.15) is 8.42 Å². The summed E-state index contributed by atoms with van der Waals surface area (Å²) in [7, 11) is -4.58. The number of halogens is 2. The van der Waals surface area contributed by atoms with E-state index in [2.05, 4.69) is 0 Å². The molecule has 2 aromatic carbocycles. The zero-order valence-electron chi connectivity index (χ0n) is 16.1. The molecular weight excluding hydrogens is 421 g/mol. The summed E-state index contributed by atoms with van der Waals surface area (Å²) in [6.07, 6.45) is -0.144. The smallest absolute Gasteiger partial charge is 0.295 e. The molecule has 2 aromatic rings. The minimum absolute atomic E-state index is 0.0722. The van der Waals surface area contributed by atoms with E-state index in [0.29, 0.717) is 21.2 Å². The van der Waals surface area contributed by atoms with Gasteiger partial charge in [0.1, 0.15) is 4.90 Å². The zero-order chi connectivity index (χ0) is 21.4. The summed E-state index contributed by atoms with van der Waals surface area (Å²) in [6.45, 7) is 7.07. The predicted molar refractivity (Wildman–Crippen MR) is 113 cm³/mol. The van der Waals surface area contributed by atoms with Crippen LogP contribution in [0.5, 0.6) is 0 Å². The number of ketones is 1. The van der Waals surface area contributed by atoms with E-state index in [0.717, 1.165) is 0 Å². The van der Waals surface area contributed by atoms with Gasteiger partial charge in [0.15, 0.2) is 5.78 Å². The molecular formula is C20H23Cl2NO4S. The topological polar surface area (TPSA) is 97.5 Å². The third kappa shape index (κ3) is 4.51. The van der Waals surface area contributed by atoms with Crippen LogP contribution in [0.4, 0.5) is 5.69 Å². The summed E-state index contributed by atoms with van der Waals surface area (Å²) in [5, 5.41) is 0.665. The molecule has 0 saturated heterocycles. The van der Waals surface area contributed by atoms with Crippen LogP contribution in [-0.4, -0.2) is 18.8 Å². The summed E-state index contributed by atoms with van der Waals surface area (Å²) in [4.78, 5) is 12.9. The van der Waals surface area contributed by atoms with Crippen LogP contribution in [0.3, 0.4) is 0 Å². The average Bonchev–Trinajstić information content (AvgIpc) is 2.55. The number of hydrogen-bond donors (Lipinski definition) is 2. The lowest BCUT2D eigenvalue weighted by atomic mass is 9.87. The highest BCUT2D eigenvalue weighted by Gasteiger charge is 2.30. The summed E-state index contributed by atoms with van der Waals surface area (Å²) < 4.78 is 34.3. The van der Waals surface area contributed by atoms with Crippen molar-refractivity contribution in [2.45, 2.75) is 50.8 Å². The van der Waals surface area contributed by atoms with E-state index in [1.807, 2.05) is 0 Å². The molecule has 8 heteroatoms. The molecule has 3 N–H and O–H groups in total. The van der Waals surface area contributed by atoms with Gasteiger partial charge in [0.2, 0.25) is 0 Å². The molecule has 0 saturated carbocycles. The van der Waals surface area contributed by atoms with Crippen LogP contribution < -0.4 is 5.73 Å². The molecule has 28 heavy (non-hydrogen) atoms. The van der Waals surface area contributed by atoms with Crippen LogP contribution in [0, 0.1) is 0 Å². The number of Topliss-reactive ketones (excluding diaryl/α,β-unsaturated/α-hetero) is 1. The fraction of sp³-hybridized carbons (Fsp3) is 0.350. The zero-order valence-corrected chi connectivity index (χ0v) is 18.4. The number of carbonyl (C=O) groups excluding carboxylic acids is 1. The molecule has 0 heterocycles. The van der Waals surface area contributed by atoms with Crippen molar-refractivity contribution in [2.75, 3.05) is 5.73 Å². The minimum atomic E-state index is -4.58. The molecule has 2 rings (SSSR count). The first kappa shape index (κ1) is 22.7. The van der Waals surface area contributed by atoms with Crippen LogP contribution in [-0.2, 0) is 16.5 Å². The van der Waals surface area contributed by atoms with Gasteiger partial charge in [0.05, 0.1) is 0 Å². The highest BCUT2D eigenvalue weighted by molar-refractivity contribution is 7.86. The summed E-state index contributed by atoms with van der Waals surface area (Å²) in [5.41, 5.74) is 7.43. The Morgan fingerprint density at radius 3 is 2.07 bits per heavy atom. The fourth-order valence-corrected chi connectivity index (χ4v) is 5.00. The van der Waals surface area contributed by atoms with Crippen molar-refractivity contribution in [2.24, 2.45) is 0 Å². The molecule has 0 aliphatic carbocycles. The molecule has 0 atom stereocenters. The highest BCUT2D eigenvalue weighted by atomic mass is 35.5. The summed E-state index contributed by atoms with van der Waals surface area (Å²) in [5.74, 6) is -1.02. The number of carbonyl (C=O) groups is 1. The van der Waals surface area contributed by atoms with Crippen molar-refractivity contribution in [3.05, 3.63) is 56.6 Å². The molecule has 0 aliphatic heterocycles. The van der Waals surface area contributed by atoms with E-state index in [9.17, 15) is 17.8 Å². The first-order valence-corrected chi connectivity index (χ1v) is 11.0. The normalized spacial score (nSPS) is 12.0. The lowest BCUT2D eigenvalue weighted by Gasteiger charge is -2.23. The SMILES string of the molecule is CC(C)c1cc(N)c(C(=O)Cc2c(Cl)cccc2Cl)c(C(C)C)c1S(=O)(=O)O. The molecule has 0 radical (unpaired) electrons. The molecule has 0 aromatic heterocycles. The van der Waals surface area contributed by atoms with Gasteiger partial charge < -0.3 is 5.73 Å². The molecule has 0 spiro atoms. The first-order valence-electron chi connectivity index (χ1n) is 8.76. The van der Waals surface area contributed by atoms with Crippen molar-refractivity contribution in [3.8, 4) is 0 Å². The van der Waals surface area contributed by atoms with Crippen molar-refractivity contribution >= 4 is 44.8 Å². The van der Waals surface area contributed by atoms with Gasteiger partial charge in [0.25, 0.3) is 10.1 Å². The maximum atomic E-state index is 13.2. The second-order valence-electron chi connectivity index (χ2n) is 7.26. The Kier molecular flexibility index (Phi) is 6.82. The van der Waals surface area contributed by atoms with Crippen LogP contribution in [0.1, 0.15) is 66.6 Å². The van der Waals surface area contributed by atoms with Crippen molar-refractivity contribution in [1.82, 2.24) is 0 Å². The lowest BCUT2D eigenvalue weighted by molar-refractivity contribution is 0.0992. The van der Waals surface area contributed by atoms with E-state index in [1.54, 1.807) is 45.9 Å². The Bertz CT molecular complexity index is 1010. The standard InChI is InChI=1S/C20H23Cl2NO4S/c1-10(2)12-8-16(23)19(18(11(3)4)20(12)28(25,26)27)17(24)9-13-14(21)6-5-7-15(13)22/h5-8,10-11H,9,23H2,1-4H3,(H,25,26,27). The molecule has 0 aliphatic rings. The van der Waals surface area contributed by atoms with Gasteiger partial charge >= 0.3 is 0 Å². The quantitative estimate of drug-likeness (QED) is 0.349. The van der Waals surface area contributed by atoms with Crippen molar-refractivity contribution in [1.29, 1.82) is 0 Å². The molecule has 0 bridgehead atoms. The Morgan fingerprint density at radius 1 is 1.11 bits per heavy atom. The second-order valence-corrected chi connectivity index (χ2v) is 9.43. The molecule has 5 nitrogen and oxygen atoms in total. The number of nitrogens with two attached hydrogens (primary N) is 1. The van der Waals surface area contributed by atoms with Gasteiger partial charge in [-0.05, 0) is 46.7 Å². The molecule has 152 valence electrons. The Labute approximate surface area is 175 Å². The van der Waals surface area contributed by atoms with Gasteiger partial charge in [-0.15, -0.1) is 0 Å². The maximum Gasteiger partial charge on any atom is 0.295 e. The van der Waals surface area contributed by atoms with Gasteiger partial charge in [-0.1, -0.05) is 57.0 Å². The highest BCUT2D eigenvalue weighted by Crippen LogP contribution is 2.38. The number of anilines is 1. The van der Waals surface area contributed by atoms with Crippen molar-refractivity contribution < 1.29 is 17.8 Å². The van der Waals surface area contributed by atoms with Crippen LogP contribution in [0.25, 0.3) is 0 Å². The summed E-state index contributed by atoms with van der Waals surface area (Å²) >= 11 is 12.3. The maximum absolute atomic E-state index is 13.2. The third-order valence-corrected chi connectivity index (χ3v) is 6.19. The predicted octanol–water partition coefficient (Wildman–Crippen LogP) is 5.49. The number of benzene rings is 2. The molecule has 0 fully saturated rings. The van der Waals surface area contributed by atoms with E-state index in [-0.39, 0.29) is 40.0 Å².